The number of hydrogen-bond donors (Lipinski definition) is 2. The lowest BCUT2D eigenvalue weighted by Crippen LogP contribution is -2.26. The van der Waals surface area contributed by atoms with Gasteiger partial charge in [-0.3, -0.25) is 14.0 Å². The number of pyridine rings is 1. The topological polar surface area (TPSA) is 83.7 Å². The molecule has 2 aromatic rings. The average molecular weight is 354 g/mol. The summed E-state index contributed by atoms with van der Waals surface area (Å²) >= 11 is 3.44. The molecule has 0 aromatic carbocycles. The predicted octanol–water partition coefficient (Wildman–Crippen LogP) is 2.31. The van der Waals surface area contributed by atoms with Crippen molar-refractivity contribution >= 4 is 33.5 Å². The third-order valence-electron chi connectivity index (χ3n) is 3.05. The monoisotopic (exact) mass is 353 g/mol. The van der Waals surface area contributed by atoms with Crippen LogP contribution in [-0.4, -0.2) is 32.9 Å². The van der Waals surface area contributed by atoms with Gasteiger partial charge in [-0.15, -0.1) is 0 Å². The average Bonchev–Trinajstić information content (AvgIpc) is 2.71. The molecule has 6 nitrogen and oxygen atoms in total. The van der Waals surface area contributed by atoms with Crippen LogP contribution < -0.4 is 5.32 Å². The number of aliphatic carboxylic acids is 1. The van der Waals surface area contributed by atoms with Gasteiger partial charge in [0.25, 0.3) is 5.91 Å². The molecule has 0 unspecified atom stereocenters. The van der Waals surface area contributed by atoms with Crippen LogP contribution in [0.3, 0.4) is 0 Å². The quantitative estimate of drug-likeness (QED) is 0.807. The fraction of sp³-hybridized carbons (Fsp3) is 0.357. The zero-order chi connectivity index (χ0) is 15.6. The van der Waals surface area contributed by atoms with Crippen molar-refractivity contribution in [3.63, 3.8) is 0 Å². The molecule has 1 amide bonds. The zero-order valence-electron chi connectivity index (χ0n) is 11.8. The van der Waals surface area contributed by atoms with E-state index in [9.17, 15) is 9.59 Å². The van der Waals surface area contributed by atoms with Gasteiger partial charge in [-0.1, -0.05) is 0 Å². The Morgan fingerprint density at radius 2 is 2.14 bits per heavy atom. The third-order valence-corrected chi connectivity index (χ3v) is 3.64. The lowest BCUT2D eigenvalue weighted by atomic mass is 10.2. The number of aromatic nitrogens is 2. The van der Waals surface area contributed by atoms with E-state index in [0.29, 0.717) is 30.0 Å². The maximum Gasteiger partial charge on any atom is 0.303 e. The number of rotatable bonds is 5. The molecule has 2 rings (SSSR count). The van der Waals surface area contributed by atoms with E-state index in [-0.39, 0.29) is 12.3 Å². The molecule has 0 aliphatic rings. The minimum Gasteiger partial charge on any atom is -0.481 e. The molecule has 0 aliphatic carbocycles. The van der Waals surface area contributed by atoms with Crippen molar-refractivity contribution in [2.24, 2.45) is 0 Å². The first-order valence-corrected chi connectivity index (χ1v) is 7.34. The molecule has 0 saturated heterocycles. The Hall–Kier alpha value is -1.89. The van der Waals surface area contributed by atoms with Crippen LogP contribution in [0.4, 0.5) is 0 Å². The van der Waals surface area contributed by atoms with E-state index in [1.807, 2.05) is 19.2 Å². The highest BCUT2D eigenvalue weighted by Gasteiger charge is 2.17. The molecule has 21 heavy (non-hydrogen) atoms. The molecule has 0 saturated carbocycles. The van der Waals surface area contributed by atoms with Crippen LogP contribution in [0.2, 0.25) is 0 Å². The smallest absolute Gasteiger partial charge is 0.303 e. The van der Waals surface area contributed by atoms with Gasteiger partial charge in [0.2, 0.25) is 0 Å². The van der Waals surface area contributed by atoms with E-state index in [0.717, 1.165) is 10.0 Å². The normalized spacial score (nSPS) is 10.8. The Morgan fingerprint density at radius 1 is 1.43 bits per heavy atom. The van der Waals surface area contributed by atoms with Crippen molar-refractivity contribution < 1.29 is 14.7 Å². The Balaban J connectivity index is 2.23. The third kappa shape index (κ3) is 3.41. The largest absolute Gasteiger partial charge is 0.481 e. The highest BCUT2D eigenvalue weighted by molar-refractivity contribution is 9.10. The van der Waals surface area contributed by atoms with Crippen molar-refractivity contribution in [3.8, 4) is 0 Å². The van der Waals surface area contributed by atoms with Crippen molar-refractivity contribution in [2.45, 2.75) is 26.7 Å². The Bertz CT molecular complexity index is 709. The molecule has 7 heteroatoms. The van der Waals surface area contributed by atoms with E-state index in [1.165, 1.54) is 0 Å². The molecule has 2 heterocycles. The van der Waals surface area contributed by atoms with Gasteiger partial charge < -0.3 is 10.4 Å². The molecular formula is C14H16BrN3O3. The van der Waals surface area contributed by atoms with Crippen LogP contribution in [0.1, 0.15) is 34.6 Å². The summed E-state index contributed by atoms with van der Waals surface area (Å²) in [4.78, 5) is 27.1. The summed E-state index contributed by atoms with van der Waals surface area (Å²) < 4.78 is 2.58. The molecule has 112 valence electrons. The van der Waals surface area contributed by atoms with Crippen molar-refractivity contribution in [2.75, 3.05) is 6.54 Å². The number of carbonyl (C=O) groups is 2. The molecule has 0 atom stereocenters. The van der Waals surface area contributed by atoms with Crippen LogP contribution >= 0.6 is 15.9 Å². The molecule has 0 radical (unpaired) electrons. The van der Waals surface area contributed by atoms with E-state index in [4.69, 9.17) is 5.11 Å². The van der Waals surface area contributed by atoms with Gasteiger partial charge in [0.15, 0.2) is 5.65 Å². The van der Waals surface area contributed by atoms with Gasteiger partial charge in [0.1, 0.15) is 5.69 Å². The zero-order valence-corrected chi connectivity index (χ0v) is 13.4. The summed E-state index contributed by atoms with van der Waals surface area (Å²) in [6.45, 7) is 4.04. The first-order valence-electron chi connectivity index (χ1n) is 6.55. The molecule has 2 N–H and O–H groups in total. The first kappa shape index (κ1) is 15.5. The number of hydrogen-bond acceptors (Lipinski definition) is 3. The Kier molecular flexibility index (Phi) is 4.62. The number of aryl methyl sites for hydroxylation is 2. The Morgan fingerprint density at radius 3 is 2.81 bits per heavy atom. The number of carboxylic acids is 1. The lowest BCUT2D eigenvalue weighted by molar-refractivity contribution is -0.137. The van der Waals surface area contributed by atoms with Gasteiger partial charge in [-0.2, -0.15) is 0 Å². The number of amides is 1. The van der Waals surface area contributed by atoms with E-state index < -0.39 is 5.97 Å². The number of imidazole rings is 1. The van der Waals surface area contributed by atoms with E-state index in [2.05, 4.69) is 26.2 Å². The second-order valence-electron chi connectivity index (χ2n) is 4.86. The first-order chi connectivity index (χ1) is 9.90. The lowest BCUT2D eigenvalue weighted by Gasteiger charge is -2.06. The second kappa shape index (κ2) is 6.26. The molecule has 2 aromatic heterocycles. The summed E-state index contributed by atoms with van der Waals surface area (Å²) in [5.41, 5.74) is 2.81. The van der Waals surface area contributed by atoms with Crippen LogP contribution in [0.25, 0.3) is 5.65 Å². The maximum atomic E-state index is 12.3. The van der Waals surface area contributed by atoms with Crippen molar-refractivity contribution in [1.29, 1.82) is 0 Å². The van der Waals surface area contributed by atoms with Crippen LogP contribution in [0.15, 0.2) is 16.7 Å². The molecule has 0 spiro atoms. The van der Waals surface area contributed by atoms with E-state index in [1.54, 1.807) is 11.3 Å². The van der Waals surface area contributed by atoms with Gasteiger partial charge >= 0.3 is 5.97 Å². The number of nitrogens with zero attached hydrogens (tertiary/aromatic N) is 2. The van der Waals surface area contributed by atoms with Crippen LogP contribution in [-0.2, 0) is 4.79 Å². The number of carbonyl (C=O) groups excluding carboxylic acids is 1. The number of carboxylic acid groups (broad SMARTS) is 1. The highest BCUT2D eigenvalue weighted by atomic mass is 79.9. The number of fused-ring (bicyclic) bond motifs is 1. The minimum atomic E-state index is -0.866. The van der Waals surface area contributed by atoms with Gasteiger partial charge in [-0.25, -0.2) is 4.98 Å². The highest BCUT2D eigenvalue weighted by Crippen LogP contribution is 2.22. The summed E-state index contributed by atoms with van der Waals surface area (Å²) in [6, 6.07) is 1.94. The van der Waals surface area contributed by atoms with E-state index >= 15 is 0 Å². The SMILES string of the molecule is Cc1cc(Br)c2nc(C)c(C(=O)NCCCC(=O)O)n2c1. The van der Waals surface area contributed by atoms with Gasteiger partial charge in [0.05, 0.1) is 10.2 Å². The van der Waals surface area contributed by atoms with Crippen LogP contribution in [0.5, 0.6) is 0 Å². The standard InChI is InChI=1S/C14H16BrN3O3/c1-8-6-10(15)13-17-9(2)12(18(13)7-8)14(21)16-5-3-4-11(19)20/h6-7H,3-5H2,1-2H3,(H,16,21)(H,19,20). The number of nitrogens with one attached hydrogen (secondary N) is 1. The second-order valence-corrected chi connectivity index (χ2v) is 5.71. The van der Waals surface area contributed by atoms with Gasteiger partial charge in [0, 0.05) is 19.2 Å². The molecule has 0 bridgehead atoms. The predicted molar refractivity (Wildman–Crippen MR) is 81.6 cm³/mol. The molecule has 0 fully saturated rings. The molecular weight excluding hydrogens is 338 g/mol. The number of halogens is 1. The fourth-order valence-electron chi connectivity index (χ4n) is 2.14. The Labute approximate surface area is 130 Å². The van der Waals surface area contributed by atoms with Crippen LogP contribution in [0, 0.1) is 13.8 Å². The maximum absolute atomic E-state index is 12.3. The summed E-state index contributed by atoms with van der Waals surface area (Å²) in [6.07, 6.45) is 2.29. The van der Waals surface area contributed by atoms with Gasteiger partial charge in [-0.05, 0) is 47.8 Å². The van der Waals surface area contributed by atoms with Crippen molar-refractivity contribution in [1.82, 2.24) is 14.7 Å². The fourth-order valence-corrected chi connectivity index (χ4v) is 2.79. The minimum absolute atomic E-state index is 0.0388. The summed E-state index contributed by atoms with van der Waals surface area (Å²) in [5, 5.41) is 11.3. The molecule has 0 aliphatic heterocycles. The summed E-state index contributed by atoms with van der Waals surface area (Å²) in [5.74, 6) is -1.11. The summed E-state index contributed by atoms with van der Waals surface area (Å²) in [7, 11) is 0. The van der Waals surface area contributed by atoms with Crippen molar-refractivity contribution in [3.05, 3.63) is 33.7 Å².